The first-order valence-electron chi connectivity index (χ1n) is 5.47. The van der Waals surface area contributed by atoms with Gasteiger partial charge in [0.2, 0.25) is 0 Å². The zero-order chi connectivity index (χ0) is 10.8. The lowest BCUT2D eigenvalue weighted by Crippen LogP contribution is -2.20. The quantitative estimate of drug-likeness (QED) is 0.448. The summed E-state index contributed by atoms with van der Waals surface area (Å²) in [5, 5.41) is 0. The van der Waals surface area contributed by atoms with Gasteiger partial charge >= 0.3 is 5.97 Å². The van der Waals surface area contributed by atoms with E-state index in [4.69, 9.17) is 9.47 Å². The molecule has 0 rings (SSSR count). The topological polar surface area (TPSA) is 35.5 Å². The third-order valence-corrected chi connectivity index (χ3v) is 1.77. The minimum Gasteiger partial charge on any atom is -0.460 e. The molecule has 0 aromatic rings. The summed E-state index contributed by atoms with van der Waals surface area (Å²) in [6.45, 7) is 7.21. The third kappa shape index (κ3) is 8.05. The van der Waals surface area contributed by atoms with Crippen molar-refractivity contribution in [1.82, 2.24) is 0 Å². The van der Waals surface area contributed by atoms with Crippen LogP contribution in [0, 0.1) is 0 Å². The lowest BCUT2D eigenvalue weighted by molar-refractivity contribution is -0.151. The van der Waals surface area contributed by atoms with Crippen molar-refractivity contribution in [2.24, 2.45) is 0 Å². The normalized spacial score (nSPS) is 12.5. The van der Waals surface area contributed by atoms with Crippen LogP contribution in [0.4, 0.5) is 0 Å². The monoisotopic (exact) mass is 202 g/mol. The Labute approximate surface area is 86.8 Å². The minimum atomic E-state index is -0.120. The first-order chi connectivity index (χ1) is 6.70. The van der Waals surface area contributed by atoms with Gasteiger partial charge in [-0.15, -0.1) is 0 Å². The molecule has 0 radical (unpaired) electrons. The second-order valence-electron chi connectivity index (χ2n) is 3.48. The molecule has 0 saturated carbocycles. The highest BCUT2D eigenvalue weighted by Crippen LogP contribution is 2.00. The average Bonchev–Trinajstić information content (AvgIpc) is 2.15. The maximum atomic E-state index is 11.2. The van der Waals surface area contributed by atoms with Crippen LogP contribution in [-0.2, 0) is 14.3 Å². The van der Waals surface area contributed by atoms with Gasteiger partial charge in [0.25, 0.3) is 0 Å². The van der Waals surface area contributed by atoms with Crippen LogP contribution in [0.5, 0.6) is 0 Å². The van der Waals surface area contributed by atoms with E-state index in [1.54, 1.807) is 0 Å². The van der Waals surface area contributed by atoms with Crippen LogP contribution in [0.3, 0.4) is 0 Å². The smallest absolute Gasteiger partial charge is 0.306 e. The fourth-order valence-electron chi connectivity index (χ4n) is 1.03. The maximum Gasteiger partial charge on any atom is 0.306 e. The Hall–Kier alpha value is -0.570. The zero-order valence-electron chi connectivity index (χ0n) is 9.54. The molecule has 0 aromatic carbocycles. The number of hydrogen-bond donors (Lipinski definition) is 0. The van der Waals surface area contributed by atoms with Crippen LogP contribution in [0.25, 0.3) is 0 Å². The van der Waals surface area contributed by atoms with Crippen molar-refractivity contribution in [3.8, 4) is 0 Å². The lowest BCUT2D eigenvalue weighted by Gasteiger charge is -2.12. The molecular weight excluding hydrogens is 180 g/mol. The summed E-state index contributed by atoms with van der Waals surface area (Å²) in [7, 11) is 0. The van der Waals surface area contributed by atoms with E-state index in [2.05, 4.69) is 13.8 Å². The summed E-state index contributed by atoms with van der Waals surface area (Å²) in [5.74, 6) is -0.112. The molecule has 0 N–H and O–H groups in total. The lowest BCUT2D eigenvalue weighted by atomic mass is 10.2. The molecule has 0 aromatic heterocycles. The van der Waals surface area contributed by atoms with Gasteiger partial charge in [-0.05, 0) is 19.8 Å². The average molecular weight is 202 g/mol. The van der Waals surface area contributed by atoms with Crippen LogP contribution < -0.4 is 0 Å². The molecule has 0 spiro atoms. The predicted molar refractivity (Wildman–Crippen MR) is 56.2 cm³/mol. The zero-order valence-corrected chi connectivity index (χ0v) is 9.54. The predicted octanol–water partition coefficient (Wildman–Crippen LogP) is 2.53. The molecule has 0 amide bonds. The first kappa shape index (κ1) is 13.4. The van der Waals surface area contributed by atoms with Gasteiger partial charge in [-0.2, -0.15) is 0 Å². The van der Waals surface area contributed by atoms with Crippen molar-refractivity contribution in [1.29, 1.82) is 0 Å². The molecule has 0 aliphatic carbocycles. The van der Waals surface area contributed by atoms with Crippen LogP contribution in [0.1, 0.15) is 46.5 Å². The van der Waals surface area contributed by atoms with E-state index in [0.717, 1.165) is 25.9 Å². The van der Waals surface area contributed by atoms with Crippen molar-refractivity contribution in [2.75, 3.05) is 13.2 Å². The Morgan fingerprint density at radius 3 is 2.57 bits per heavy atom. The van der Waals surface area contributed by atoms with Crippen molar-refractivity contribution in [2.45, 2.75) is 52.6 Å². The fraction of sp³-hybridized carbons (Fsp3) is 0.909. The molecule has 1 atom stereocenters. The molecule has 3 nitrogen and oxygen atoms in total. The highest BCUT2D eigenvalue weighted by Gasteiger charge is 2.08. The molecule has 0 bridgehead atoms. The van der Waals surface area contributed by atoms with Crippen molar-refractivity contribution in [3.63, 3.8) is 0 Å². The Bertz CT molecular complexity index is 145. The van der Waals surface area contributed by atoms with E-state index in [-0.39, 0.29) is 12.1 Å². The number of carbonyl (C=O) groups is 1. The first-order valence-corrected chi connectivity index (χ1v) is 5.47. The Balaban J connectivity index is 3.40. The van der Waals surface area contributed by atoms with E-state index < -0.39 is 0 Å². The summed E-state index contributed by atoms with van der Waals surface area (Å²) < 4.78 is 10.4. The number of ether oxygens (including phenoxy) is 2. The van der Waals surface area contributed by atoms with Crippen LogP contribution >= 0.6 is 0 Å². The number of carbonyl (C=O) groups excluding carboxylic acids is 1. The summed E-state index contributed by atoms with van der Waals surface area (Å²) in [5.41, 5.74) is 0. The fourth-order valence-corrected chi connectivity index (χ4v) is 1.03. The maximum absolute atomic E-state index is 11.2. The second-order valence-corrected chi connectivity index (χ2v) is 3.48. The number of esters is 1. The van der Waals surface area contributed by atoms with E-state index in [1.807, 2.05) is 6.92 Å². The molecule has 0 aliphatic heterocycles. The van der Waals surface area contributed by atoms with E-state index in [9.17, 15) is 4.79 Å². The molecular formula is C11H22O3. The largest absolute Gasteiger partial charge is 0.460 e. The molecule has 0 aliphatic rings. The van der Waals surface area contributed by atoms with Gasteiger partial charge < -0.3 is 9.47 Å². The molecule has 0 fully saturated rings. The van der Waals surface area contributed by atoms with Crippen LogP contribution in [-0.4, -0.2) is 25.3 Å². The molecule has 0 saturated heterocycles. The van der Waals surface area contributed by atoms with Crippen molar-refractivity contribution in [3.05, 3.63) is 0 Å². The number of hydrogen-bond acceptors (Lipinski definition) is 3. The van der Waals surface area contributed by atoms with Gasteiger partial charge in [-0.25, -0.2) is 0 Å². The van der Waals surface area contributed by atoms with Crippen molar-refractivity contribution < 1.29 is 14.3 Å². The molecule has 14 heavy (non-hydrogen) atoms. The summed E-state index contributed by atoms with van der Waals surface area (Å²) in [4.78, 5) is 11.2. The van der Waals surface area contributed by atoms with Gasteiger partial charge in [-0.3, -0.25) is 4.79 Å². The van der Waals surface area contributed by atoms with Gasteiger partial charge in [0.15, 0.2) is 0 Å². The number of rotatable bonds is 8. The van der Waals surface area contributed by atoms with Crippen molar-refractivity contribution >= 4 is 5.97 Å². The Morgan fingerprint density at radius 1 is 1.29 bits per heavy atom. The molecule has 3 heteroatoms. The highest BCUT2D eigenvalue weighted by atomic mass is 16.6. The summed E-state index contributed by atoms with van der Waals surface area (Å²) in [6, 6.07) is 0. The van der Waals surface area contributed by atoms with Gasteiger partial charge in [0.1, 0.15) is 6.10 Å². The molecule has 84 valence electrons. The summed E-state index contributed by atoms with van der Waals surface area (Å²) >= 11 is 0. The third-order valence-electron chi connectivity index (χ3n) is 1.77. The number of unbranched alkanes of at least 4 members (excludes halogenated alkanes) is 1. The van der Waals surface area contributed by atoms with Gasteiger partial charge in [0.05, 0.1) is 6.61 Å². The van der Waals surface area contributed by atoms with Gasteiger partial charge in [-0.1, -0.05) is 20.3 Å². The SMILES string of the molecule is CCCCC(=O)OC(C)COCCC. The second kappa shape index (κ2) is 9.00. The minimum absolute atomic E-state index is 0.112. The standard InChI is InChI=1S/C11H22O3/c1-4-6-7-11(12)14-10(3)9-13-8-5-2/h10H,4-9H2,1-3H3. The van der Waals surface area contributed by atoms with Crippen LogP contribution in [0.2, 0.25) is 0 Å². The highest BCUT2D eigenvalue weighted by molar-refractivity contribution is 5.69. The summed E-state index contributed by atoms with van der Waals surface area (Å²) in [6.07, 6.45) is 3.33. The van der Waals surface area contributed by atoms with E-state index in [0.29, 0.717) is 13.0 Å². The van der Waals surface area contributed by atoms with Crippen LogP contribution in [0.15, 0.2) is 0 Å². The van der Waals surface area contributed by atoms with E-state index >= 15 is 0 Å². The van der Waals surface area contributed by atoms with Gasteiger partial charge in [0, 0.05) is 13.0 Å². The molecule has 0 heterocycles. The Kier molecular flexibility index (Phi) is 8.64. The molecule has 1 unspecified atom stereocenters. The Morgan fingerprint density at radius 2 is 2.00 bits per heavy atom. The van der Waals surface area contributed by atoms with E-state index in [1.165, 1.54) is 0 Å².